The van der Waals surface area contributed by atoms with Crippen LogP contribution >= 0.6 is 0 Å². The lowest BCUT2D eigenvalue weighted by molar-refractivity contribution is -0.632. The summed E-state index contributed by atoms with van der Waals surface area (Å²) in [6.45, 7) is 0. The Kier molecular flexibility index (Phi) is 3.04. The predicted molar refractivity (Wildman–Crippen MR) is 96.6 cm³/mol. The summed E-state index contributed by atoms with van der Waals surface area (Å²) >= 11 is 0. The third-order valence-electron chi connectivity index (χ3n) is 5.02. The zero-order valence-corrected chi connectivity index (χ0v) is 14.2. The monoisotopic (exact) mass is 363 g/mol. The van der Waals surface area contributed by atoms with E-state index in [4.69, 9.17) is 10.5 Å². The highest BCUT2D eigenvalue weighted by atomic mass is 19.1. The number of halogens is 2. The highest BCUT2D eigenvalue weighted by Crippen LogP contribution is 2.46. The smallest absolute Gasteiger partial charge is 0.251 e. The summed E-state index contributed by atoms with van der Waals surface area (Å²) in [6, 6.07) is 12.5. The highest BCUT2D eigenvalue weighted by Gasteiger charge is 2.31. The fraction of sp³-hybridized carbons (Fsp3) is 0.0476. The van der Waals surface area contributed by atoms with Crippen LogP contribution in [0.1, 0.15) is 10.4 Å². The van der Waals surface area contributed by atoms with E-state index in [9.17, 15) is 13.6 Å². The van der Waals surface area contributed by atoms with Crippen molar-refractivity contribution in [2.75, 3.05) is 0 Å². The first-order chi connectivity index (χ1) is 13.0. The van der Waals surface area contributed by atoms with Crippen molar-refractivity contribution < 1.29 is 22.9 Å². The maximum Gasteiger partial charge on any atom is 0.251 e. The second-order valence-corrected chi connectivity index (χ2v) is 6.54. The molecule has 0 saturated carbocycles. The summed E-state index contributed by atoms with van der Waals surface area (Å²) in [6.07, 6.45) is 0. The first-order valence-corrected chi connectivity index (χ1v) is 8.31. The summed E-state index contributed by atoms with van der Waals surface area (Å²) in [4.78, 5) is 11.6. The number of fused-ring (bicyclic) bond motifs is 4. The average molecular weight is 363 g/mol. The van der Waals surface area contributed by atoms with Crippen molar-refractivity contribution in [1.29, 1.82) is 0 Å². The molecule has 1 aliphatic heterocycles. The number of aromatic nitrogens is 1. The number of aryl methyl sites for hydroxylation is 1. The molecule has 3 aromatic carbocycles. The van der Waals surface area contributed by atoms with Gasteiger partial charge in [-0.3, -0.25) is 4.79 Å². The molecular formula is C21H13F2N2O2+. The molecule has 0 fully saturated rings. The number of hydrogen-bond donors (Lipinski definition) is 1. The molecule has 4 aromatic rings. The van der Waals surface area contributed by atoms with Crippen LogP contribution in [-0.2, 0) is 7.05 Å². The number of benzene rings is 3. The number of nitrogens with zero attached hydrogens (tertiary/aromatic N) is 1. The zero-order valence-electron chi connectivity index (χ0n) is 14.2. The van der Waals surface area contributed by atoms with Crippen molar-refractivity contribution in [3.05, 3.63) is 65.7 Å². The third kappa shape index (κ3) is 2.07. The van der Waals surface area contributed by atoms with E-state index >= 15 is 0 Å². The summed E-state index contributed by atoms with van der Waals surface area (Å²) < 4.78 is 36.1. The third-order valence-corrected chi connectivity index (χ3v) is 5.02. The van der Waals surface area contributed by atoms with Crippen LogP contribution in [-0.4, -0.2) is 5.91 Å². The van der Waals surface area contributed by atoms with Crippen molar-refractivity contribution in [2.24, 2.45) is 12.8 Å². The van der Waals surface area contributed by atoms with Crippen LogP contribution < -0.4 is 15.0 Å². The predicted octanol–water partition coefficient (Wildman–Crippen LogP) is 3.97. The Morgan fingerprint density at radius 2 is 1.85 bits per heavy atom. The number of pyridine rings is 1. The first-order valence-electron chi connectivity index (χ1n) is 8.31. The van der Waals surface area contributed by atoms with Crippen LogP contribution in [0.5, 0.6) is 11.5 Å². The number of amides is 1. The number of ether oxygens (including phenoxy) is 1. The fourth-order valence-corrected chi connectivity index (χ4v) is 3.83. The van der Waals surface area contributed by atoms with E-state index in [1.807, 2.05) is 22.8 Å². The first kappa shape index (κ1) is 15.7. The van der Waals surface area contributed by atoms with Gasteiger partial charge in [0.05, 0.1) is 21.9 Å². The summed E-state index contributed by atoms with van der Waals surface area (Å²) in [5.41, 5.74) is 7.06. The summed E-state index contributed by atoms with van der Waals surface area (Å²) in [5, 5.41) is 2.13. The topological polar surface area (TPSA) is 56.2 Å². The number of rotatable bonds is 1. The van der Waals surface area contributed by atoms with Gasteiger partial charge in [0, 0.05) is 11.5 Å². The van der Waals surface area contributed by atoms with Crippen LogP contribution in [0.2, 0.25) is 0 Å². The number of carbonyl (C=O) groups is 1. The van der Waals surface area contributed by atoms with Gasteiger partial charge in [0.1, 0.15) is 30.2 Å². The minimum Gasteiger partial charge on any atom is -0.456 e. The van der Waals surface area contributed by atoms with E-state index in [1.165, 1.54) is 24.3 Å². The minimum absolute atomic E-state index is 0.188. The summed E-state index contributed by atoms with van der Waals surface area (Å²) in [7, 11) is 1.79. The van der Waals surface area contributed by atoms with E-state index in [0.717, 1.165) is 16.5 Å². The number of hydrogen-bond acceptors (Lipinski definition) is 2. The van der Waals surface area contributed by atoms with Gasteiger partial charge in [-0.15, -0.1) is 0 Å². The molecule has 27 heavy (non-hydrogen) atoms. The molecule has 0 saturated heterocycles. The van der Waals surface area contributed by atoms with Gasteiger partial charge in [0.25, 0.3) is 5.91 Å². The van der Waals surface area contributed by atoms with E-state index < -0.39 is 11.7 Å². The van der Waals surface area contributed by atoms with Gasteiger partial charge in [-0.1, -0.05) is 12.1 Å². The van der Waals surface area contributed by atoms with Crippen LogP contribution in [0.15, 0.2) is 48.5 Å². The van der Waals surface area contributed by atoms with Crippen molar-refractivity contribution in [2.45, 2.75) is 0 Å². The van der Waals surface area contributed by atoms with E-state index in [-0.39, 0.29) is 11.4 Å². The van der Waals surface area contributed by atoms with Gasteiger partial charge in [-0.25, -0.2) is 8.78 Å². The molecule has 2 heterocycles. The molecule has 6 heteroatoms. The van der Waals surface area contributed by atoms with Crippen LogP contribution in [0, 0.1) is 11.6 Å². The Labute approximate surface area is 152 Å². The molecule has 1 amide bonds. The van der Waals surface area contributed by atoms with Gasteiger partial charge < -0.3 is 10.5 Å². The molecule has 0 unspecified atom stereocenters. The Balaban J connectivity index is 2.04. The molecule has 1 aromatic heterocycles. The van der Waals surface area contributed by atoms with Crippen LogP contribution in [0.4, 0.5) is 8.78 Å². The quantitative estimate of drug-likeness (QED) is 0.362. The Morgan fingerprint density at radius 3 is 2.63 bits per heavy atom. The van der Waals surface area contributed by atoms with Crippen molar-refractivity contribution in [3.8, 4) is 22.8 Å². The molecule has 0 aliphatic carbocycles. The van der Waals surface area contributed by atoms with E-state index in [2.05, 4.69) is 0 Å². The van der Waals surface area contributed by atoms with Gasteiger partial charge in [0.2, 0.25) is 11.2 Å². The van der Waals surface area contributed by atoms with Crippen LogP contribution in [0.3, 0.4) is 0 Å². The lowest BCUT2D eigenvalue weighted by atomic mass is 9.95. The second kappa shape index (κ2) is 5.23. The molecular weight excluding hydrogens is 350 g/mol. The molecule has 0 bridgehead atoms. The molecule has 132 valence electrons. The highest BCUT2D eigenvalue weighted by molar-refractivity contribution is 6.13. The Morgan fingerprint density at radius 1 is 1.04 bits per heavy atom. The van der Waals surface area contributed by atoms with Gasteiger partial charge >= 0.3 is 0 Å². The average Bonchev–Trinajstić information content (AvgIpc) is 2.64. The fourth-order valence-electron chi connectivity index (χ4n) is 3.83. The maximum atomic E-state index is 14.4. The molecule has 5 rings (SSSR count). The number of nitrogens with two attached hydrogens (primary N) is 1. The van der Waals surface area contributed by atoms with E-state index in [1.54, 1.807) is 13.1 Å². The SMILES string of the molecule is C[n+]1c2c3c(cccc3c3cc(F)c(C(N)=O)cc31)Oc1ccc(F)cc1-2. The molecule has 0 atom stereocenters. The summed E-state index contributed by atoms with van der Waals surface area (Å²) in [5.74, 6) is -0.769. The van der Waals surface area contributed by atoms with Gasteiger partial charge in [-0.2, -0.15) is 4.57 Å². The largest absolute Gasteiger partial charge is 0.456 e. The lowest BCUT2D eigenvalue weighted by Crippen LogP contribution is -2.34. The van der Waals surface area contributed by atoms with Gasteiger partial charge in [-0.05, 0) is 30.3 Å². The molecule has 1 aliphatic rings. The van der Waals surface area contributed by atoms with E-state index in [0.29, 0.717) is 28.0 Å². The van der Waals surface area contributed by atoms with Crippen LogP contribution in [0.25, 0.3) is 32.9 Å². The Hall–Kier alpha value is -3.54. The molecule has 2 N–H and O–H groups in total. The molecule has 0 radical (unpaired) electrons. The molecule has 4 nitrogen and oxygen atoms in total. The number of carbonyl (C=O) groups excluding carboxylic acids is 1. The van der Waals surface area contributed by atoms with Crippen molar-refractivity contribution in [3.63, 3.8) is 0 Å². The second-order valence-electron chi connectivity index (χ2n) is 6.54. The molecule has 0 spiro atoms. The van der Waals surface area contributed by atoms with Crippen molar-refractivity contribution in [1.82, 2.24) is 0 Å². The standard InChI is InChI=1S/C21H12F2N2O2/c1-25-16-9-13(21(24)26)15(23)8-12(16)11-3-2-4-18-19(11)20(25)14-7-10(22)5-6-17(14)27-18/h2-9H,1H3,(H-,24,26)/p+1. The zero-order chi connectivity index (χ0) is 18.9. The van der Waals surface area contributed by atoms with Crippen molar-refractivity contribution >= 4 is 27.6 Å². The Bertz CT molecular complexity index is 1320. The lowest BCUT2D eigenvalue weighted by Gasteiger charge is -2.20. The number of primary amides is 1. The normalized spacial score (nSPS) is 12.1. The minimum atomic E-state index is -0.841. The maximum absolute atomic E-state index is 14.4. The van der Waals surface area contributed by atoms with Gasteiger partial charge in [0.15, 0.2) is 0 Å².